The SMILES string of the molecule is COC(=O)c1c(C)cc2c(c1O)[C@]1(O)C(=O)c3cc4c(c(O)c3C(=O)[C@]1(OC)[C@@H](O)C2)C(=O)C=C(N[C@@H]1O[C@@H](C)[C@H](OC)[C@@H](O)[C@H]1OC)C4=O. The van der Waals surface area contributed by atoms with Gasteiger partial charge in [0, 0.05) is 50.5 Å². The van der Waals surface area contributed by atoms with Crippen molar-refractivity contribution >= 4 is 29.1 Å². The lowest BCUT2D eigenvalue weighted by atomic mass is 9.56. The molecule has 1 saturated heterocycles. The van der Waals surface area contributed by atoms with E-state index in [2.05, 4.69) is 5.32 Å². The lowest BCUT2D eigenvalue weighted by Gasteiger charge is -2.52. The van der Waals surface area contributed by atoms with Gasteiger partial charge < -0.3 is 54.5 Å². The Bertz CT molecular complexity index is 1920. The highest BCUT2D eigenvalue weighted by Gasteiger charge is 2.72. The fourth-order valence-electron chi connectivity index (χ4n) is 7.85. The molecular formula is C34H35NO15. The number of nitrogens with one attached hydrogen (secondary N) is 1. The van der Waals surface area contributed by atoms with Crippen molar-refractivity contribution in [3.05, 3.63) is 68.4 Å². The van der Waals surface area contributed by atoms with Crippen molar-refractivity contribution < 1.29 is 73.2 Å². The van der Waals surface area contributed by atoms with E-state index >= 15 is 0 Å². The highest BCUT2D eigenvalue weighted by molar-refractivity contribution is 6.31. The number of phenolic OH excluding ortho intramolecular Hbond substituents is 2. The molecular weight excluding hydrogens is 662 g/mol. The Hall–Kier alpha value is -4.55. The molecule has 0 bridgehead atoms. The Morgan fingerprint density at radius 2 is 1.60 bits per heavy atom. The molecule has 0 unspecified atom stereocenters. The summed E-state index contributed by atoms with van der Waals surface area (Å²) in [7, 11) is 4.62. The molecule has 16 nitrogen and oxygen atoms in total. The summed E-state index contributed by atoms with van der Waals surface area (Å²) in [5.74, 6) is -7.67. The summed E-state index contributed by atoms with van der Waals surface area (Å²) in [6.07, 6.45) is -6.55. The first-order valence-electron chi connectivity index (χ1n) is 15.4. The maximum absolute atomic E-state index is 14.6. The van der Waals surface area contributed by atoms with Gasteiger partial charge in [-0.1, -0.05) is 6.07 Å². The number of aliphatic hydroxyl groups is 3. The summed E-state index contributed by atoms with van der Waals surface area (Å²) in [5, 5.41) is 60.3. The number of carbonyl (C=O) groups excluding carboxylic acids is 5. The number of allylic oxidation sites excluding steroid dienone is 2. The first-order valence-corrected chi connectivity index (χ1v) is 15.4. The Balaban J connectivity index is 1.51. The van der Waals surface area contributed by atoms with Crippen LogP contribution in [0, 0.1) is 6.92 Å². The van der Waals surface area contributed by atoms with E-state index in [1.54, 1.807) is 6.92 Å². The summed E-state index contributed by atoms with van der Waals surface area (Å²) in [6, 6.07) is 2.18. The minimum atomic E-state index is -3.23. The van der Waals surface area contributed by atoms with Gasteiger partial charge in [-0.3, -0.25) is 19.2 Å². The summed E-state index contributed by atoms with van der Waals surface area (Å²) in [6.45, 7) is 3.06. The number of aryl methyl sites for hydroxylation is 1. The van der Waals surface area contributed by atoms with E-state index in [4.69, 9.17) is 23.7 Å². The van der Waals surface area contributed by atoms with Crippen molar-refractivity contribution in [1.82, 2.24) is 5.32 Å². The van der Waals surface area contributed by atoms with Crippen molar-refractivity contribution in [2.24, 2.45) is 0 Å². The standard InChI is InChI=1S/C34H35NO15/c1-11-7-13-8-18(37)34(49-6)30(43)21-15(29(42)33(34,45)22(13)25(40)19(11)32(44)48-5)9-14-20(24(21)39)17(36)10-16(23(14)38)35-31-28(47-4)26(41)27(46-3)12(2)50-31/h7,9-10,12,18,26-28,31,35,37,39-41,45H,8H2,1-6H3/t12-,18-,26+,27-,28+,31+,33-,34+/m0/s1. The number of fused-ring (bicyclic) bond motifs is 5. The topological polar surface area (TPSA) is 245 Å². The lowest BCUT2D eigenvalue weighted by Crippen LogP contribution is -2.73. The normalized spacial score (nSPS) is 31.7. The van der Waals surface area contributed by atoms with Crippen LogP contribution in [0.25, 0.3) is 0 Å². The third-order valence-electron chi connectivity index (χ3n) is 10.2. The maximum Gasteiger partial charge on any atom is 0.341 e. The zero-order valence-electron chi connectivity index (χ0n) is 27.7. The molecule has 0 saturated carbocycles. The summed E-state index contributed by atoms with van der Waals surface area (Å²) >= 11 is 0. The van der Waals surface area contributed by atoms with Crippen LogP contribution < -0.4 is 5.32 Å². The molecule has 6 rings (SSSR count). The van der Waals surface area contributed by atoms with Gasteiger partial charge in [-0.2, -0.15) is 0 Å². The zero-order valence-corrected chi connectivity index (χ0v) is 27.7. The Morgan fingerprint density at radius 3 is 2.20 bits per heavy atom. The highest BCUT2D eigenvalue weighted by Crippen LogP contribution is 2.56. The van der Waals surface area contributed by atoms with E-state index in [0.29, 0.717) is 0 Å². The van der Waals surface area contributed by atoms with Crippen LogP contribution in [0.15, 0.2) is 23.9 Å². The number of Topliss-reactive ketones (excluding diaryl/α,β-unsaturated/α-hetero) is 3. The van der Waals surface area contributed by atoms with Crippen molar-refractivity contribution in [1.29, 1.82) is 0 Å². The van der Waals surface area contributed by atoms with Crippen molar-refractivity contribution in [2.45, 2.75) is 68.2 Å². The van der Waals surface area contributed by atoms with Crippen LogP contribution in [-0.4, -0.2) is 125 Å². The monoisotopic (exact) mass is 697 g/mol. The molecule has 1 heterocycles. The fraction of sp³-hybridized carbons (Fsp3) is 0.441. The zero-order chi connectivity index (χ0) is 36.8. The molecule has 6 N–H and O–H groups in total. The van der Waals surface area contributed by atoms with Gasteiger partial charge in [0.1, 0.15) is 35.4 Å². The smallest absolute Gasteiger partial charge is 0.341 e. The van der Waals surface area contributed by atoms with Crippen LogP contribution in [0.4, 0.5) is 0 Å². The first-order chi connectivity index (χ1) is 23.6. The predicted octanol–water partition coefficient (Wildman–Crippen LogP) is -0.250. The molecule has 0 spiro atoms. The molecule has 1 aliphatic heterocycles. The number of aromatic hydroxyl groups is 2. The molecule has 1 fully saturated rings. The van der Waals surface area contributed by atoms with Gasteiger partial charge in [0.2, 0.25) is 17.3 Å². The molecule has 2 aromatic carbocycles. The Morgan fingerprint density at radius 1 is 0.940 bits per heavy atom. The minimum Gasteiger partial charge on any atom is -0.507 e. The summed E-state index contributed by atoms with van der Waals surface area (Å²) < 4.78 is 26.8. The molecule has 50 heavy (non-hydrogen) atoms. The van der Waals surface area contributed by atoms with Gasteiger partial charge in [0.25, 0.3) is 0 Å². The number of methoxy groups -OCH3 is 4. The Labute approximate surface area is 284 Å². The molecule has 4 aliphatic rings. The van der Waals surface area contributed by atoms with Crippen LogP contribution in [0.3, 0.4) is 0 Å². The molecule has 2 aromatic rings. The number of ketones is 4. The van der Waals surface area contributed by atoms with E-state index in [0.717, 1.165) is 26.4 Å². The third kappa shape index (κ3) is 4.40. The third-order valence-corrected chi connectivity index (χ3v) is 10.2. The van der Waals surface area contributed by atoms with Gasteiger partial charge in [-0.05, 0) is 31.0 Å². The number of carbonyl (C=O) groups is 5. The minimum absolute atomic E-state index is 0.00455. The lowest BCUT2D eigenvalue weighted by molar-refractivity contribution is -0.236. The summed E-state index contributed by atoms with van der Waals surface area (Å²) in [4.78, 5) is 69.1. The number of hydrogen-bond donors (Lipinski definition) is 6. The van der Waals surface area contributed by atoms with E-state index in [-0.39, 0.29) is 16.8 Å². The van der Waals surface area contributed by atoms with Gasteiger partial charge >= 0.3 is 5.97 Å². The highest BCUT2D eigenvalue weighted by atomic mass is 16.6. The number of ether oxygens (including phenoxy) is 5. The second-order valence-corrected chi connectivity index (χ2v) is 12.6. The molecule has 3 aliphatic carbocycles. The van der Waals surface area contributed by atoms with E-state index in [1.807, 2.05) is 0 Å². The number of phenols is 2. The molecule has 0 amide bonds. The number of benzene rings is 2. The average molecular weight is 698 g/mol. The van der Waals surface area contributed by atoms with E-state index < -0.39 is 128 Å². The van der Waals surface area contributed by atoms with Crippen molar-refractivity contribution in [2.75, 3.05) is 28.4 Å². The number of hydrogen-bond acceptors (Lipinski definition) is 16. The van der Waals surface area contributed by atoms with Crippen LogP contribution >= 0.6 is 0 Å². The van der Waals surface area contributed by atoms with Gasteiger partial charge in [0.15, 0.2) is 23.2 Å². The summed E-state index contributed by atoms with van der Waals surface area (Å²) in [5.41, 5.74) is -10.1. The fourth-order valence-corrected chi connectivity index (χ4v) is 7.85. The van der Waals surface area contributed by atoms with Crippen molar-refractivity contribution in [3.8, 4) is 11.5 Å². The largest absolute Gasteiger partial charge is 0.507 e. The Kier molecular flexibility index (Phi) is 8.50. The van der Waals surface area contributed by atoms with Crippen molar-refractivity contribution in [3.63, 3.8) is 0 Å². The van der Waals surface area contributed by atoms with Crippen LogP contribution in [0.2, 0.25) is 0 Å². The molecule has 0 aromatic heterocycles. The van der Waals surface area contributed by atoms with Gasteiger partial charge in [-0.25, -0.2) is 4.79 Å². The molecule has 8 atom stereocenters. The second-order valence-electron chi connectivity index (χ2n) is 12.6. The molecule has 0 radical (unpaired) electrons. The number of rotatable bonds is 6. The first kappa shape index (κ1) is 35.3. The maximum atomic E-state index is 14.6. The van der Waals surface area contributed by atoms with Crippen LogP contribution in [0.1, 0.15) is 75.4 Å². The van der Waals surface area contributed by atoms with Gasteiger partial charge in [-0.15, -0.1) is 0 Å². The predicted molar refractivity (Wildman–Crippen MR) is 166 cm³/mol. The molecule has 266 valence electrons. The number of aliphatic hydroxyl groups excluding tert-OH is 2. The molecule has 16 heteroatoms. The van der Waals surface area contributed by atoms with Crippen LogP contribution in [-0.2, 0) is 35.7 Å². The van der Waals surface area contributed by atoms with E-state index in [1.165, 1.54) is 27.2 Å². The van der Waals surface area contributed by atoms with Gasteiger partial charge in [0.05, 0.1) is 36.1 Å². The average Bonchev–Trinajstić information content (AvgIpc) is 3.05. The quantitative estimate of drug-likeness (QED) is 0.213. The second kappa shape index (κ2) is 12.1. The van der Waals surface area contributed by atoms with E-state index in [9.17, 15) is 49.5 Å². The number of esters is 1. The van der Waals surface area contributed by atoms with Crippen LogP contribution in [0.5, 0.6) is 11.5 Å².